The van der Waals surface area contributed by atoms with Crippen LogP contribution < -0.4 is 26.0 Å². The minimum absolute atomic E-state index is 0.0921. The quantitative estimate of drug-likeness (QED) is 0.0671. The Kier molecular flexibility index (Phi) is 16.1. The van der Waals surface area contributed by atoms with Crippen molar-refractivity contribution < 1.29 is 14.9 Å². The molecule has 7 nitrogen and oxygen atoms in total. The fourth-order valence-corrected chi connectivity index (χ4v) is 12.1. The Labute approximate surface area is 319 Å². The Morgan fingerprint density at radius 3 is 2.15 bits per heavy atom. The van der Waals surface area contributed by atoms with Gasteiger partial charge in [0.2, 0.25) is 0 Å². The molecular weight excluding hydrogens is 645 g/mol. The molecule has 6 N–H and O–H groups in total. The summed E-state index contributed by atoms with van der Waals surface area (Å²) in [5, 5.41) is 36.4. The summed E-state index contributed by atoms with van der Waals surface area (Å²) in [7, 11) is 1.57. The van der Waals surface area contributed by atoms with Gasteiger partial charge in [0.05, 0.1) is 13.2 Å². The summed E-state index contributed by atoms with van der Waals surface area (Å²) in [5.41, 5.74) is 1.92. The Hall–Kier alpha value is -1.38. The number of ether oxygens (including phenoxy) is 1. The highest BCUT2D eigenvalue weighted by atomic mass is 16.5. The molecule has 1 aromatic rings. The van der Waals surface area contributed by atoms with Gasteiger partial charge in [0.1, 0.15) is 0 Å². The molecule has 0 amide bonds. The van der Waals surface area contributed by atoms with Crippen molar-refractivity contribution in [2.24, 2.45) is 52.3 Å². The van der Waals surface area contributed by atoms with Crippen molar-refractivity contribution in [2.75, 3.05) is 46.4 Å². The molecule has 0 radical (unpaired) electrons. The third-order valence-corrected chi connectivity index (χ3v) is 15.1. The van der Waals surface area contributed by atoms with E-state index in [2.05, 4.69) is 55.9 Å². The molecule has 0 saturated heterocycles. The second kappa shape index (κ2) is 20.0. The van der Waals surface area contributed by atoms with Gasteiger partial charge in [-0.15, -0.1) is 0 Å². The van der Waals surface area contributed by atoms with Crippen LogP contribution in [0.5, 0.6) is 11.5 Å². The number of aromatic hydroxyl groups is 1. The molecule has 0 heterocycles. The van der Waals surface area contributed by atoms with Crippen LogP contribution in [0.25, 0.3) is 0 Å². The normalized spacial score (nSPS) is 33.4. The summed E-state index contributed by atoms with van der Waals surface area (Å²) in [6, 6.07) is 6.18. The third kappa shape index (κ3) is 10.5. The first kappa shape index (κ1) is 41.8. The van der Waals surface area contributed by atoms with Crippen LogP contribution in [-0.4, -0.2) is 68.7 Å². The standard InChI is InChI=1S/C45H80N4O3/c1-32(2)12-9-13-33(3)37-15-16-38-43-39(19-21-45(37,38)5)44(4)20-18-36(29-35(44)30-41(43)51)49-27-11-25-47-23-8-7-22-46-24-10-26-48-31-34-14-17-42(52-6)40(50)28-34/h14,17,28,32-33,35-39,41,43,46-51H,7-13,15-16,18-27,29-31H2,1-6H3/t33-,35-,36+,37-,38?,39?,41?,43?,44+,45-/m1/s1. The second-order valence-corrected chi connectivity index (χ2v) is 18.8. The number of fused-ring (bicyclic) bond motifs is 5. The van der Waals surface area contributed by atoms with Crippen LogP contribution in [-0.2, 0) is 6.54 Å². The zero-order valence-electron chi connectivity index (χ0n) is 34.3. The summed E-state index contributed by atoms with van der Waals surface area (Å²) in [4.78, 5) is 0. The highest BCUT2D eigenvalue weighted by molar-refractivity contribution is 5.41. The van der Waals surface area contributed by atoms with Crippen molar-refractivity contribution in [3.05, 3.63) is 23.8 Å². The topological polar surface area (TPSA) is 97.8 Å². The molecule has 0 aromatic heterocycles. The molecule has 1 aromatic carbocycles. The first-order valence-electron chi connectivity index (χ1n) is 22.0. The molecule has 5 rings (SSSR count). The number of benzene rings is 1. The second-order valence-electron chi connectivity index (χ2n) is 18.8. The number of aliphatic hydroxyl groups excluding tert-OH is 1. The highest BCUT2D eigenvalue weighted by Gasteiger charge is 2.62. The summed E-state index contributed by atoms with van der Waals surface area (Å²) in [5.74, 6) is 5.88. The van der Waals surface area contributed by atoms with Gasteiger partial charge in [0.25, 0.3) is 0 Å². The van der Waals surface area contributed by atoms with E-state index in [-0.39, 0.29) is 11.9 Å². The van der Waals surface area contributed by atoms with Gasteiger partial charge in [0.15, 0.2) is 11.5 Å². The lowest BCUT2D eigenvalue weighted by Crippen LogP contribution is -2.59. The summed E-state index contributed by atoms with van der Waals surface area (Å²) in [6.07, 6.45) is 19.2. The maximum Gasteiger partial charge on any atom is 0.160 e. The van der Waals surface area contributed by atoms with Crippen LogP contribution in [0.1, 0.15) is 136 Å². The van der Waals surface area contributed by atoms with Crippen LogP contribution in [0.4, 0.5) is 0 Å². The first-order chi connectivity index (χ1) is 25.1. The molecular formula is C45H80N4O3. The summed E-state index contributed by atoms with van der Waals surface area (Å²) >= 11 is 0. The maximum atomic E-state index is 11.9. The molecule has 0 aliphatic heterocycles. The van der Waals surface area contributed by atoms with Gasteiger partial charge in [-0.1, -0.05) is 59.9 Å². The van der Waals surface area contributed by atoms with Gasteiger partial charge < -0.3 is 36.2 Å². The van der Waals surface area contributed by atoms with Gasteiger partial charge in [-0.2, -0.15) is 0 Å². The molecule has 4 aliphatic rings. The molecule has 4 saturated carbocycles. The highest BCUT2D eigenvalue weighted by Crippen LogP contribution is 2.68. The van der Waals surface area contributed by atoms with Crippen LogP contribution in [0.15, 0.2) is 18.2 Å². The van der Waals surface area contributed by atoms with E-state index in [9.17, 15) is 10.2 Å². The molecule has 0 bridgehead atoms. The van der Waals surface area contributed by atoms with Gasteiger partial charge in [0, 0.05) is 12.6 Å². The number of phenolic OH excluding ortho intramolecular Hbond substituents is 1. The Morgan fingerprint density at radius 2 is 1.44 bits per heavy atom. The number of hydrogen-bond acceptors (Lipinski definition) is 7. The van der Waals surface area contributed by atoms with E-state index in [1.807, 2.05) is 12.1 Å². The van der Waals surface area contributed by atoms with Gasteiger partial charge in [-0.05, 0) is 186 Å². The van der Waals surface area contributed by atoms with E-state index in [1.165, 1.54) is 83.5 Å². The first-order valence-corrected chi connectivity index (χ1v) is 22.0. The van der Waals surface area contributed by atoms with Crippen molar-refractivity contribution in [3.63, 3.8) is 0 Å². The lowest BCUT2D eigenvalue weighted by Gasteiger charge is -2.62. The monoisotopic (exact) mass is 725 g/mol. The predicted molar refractivity (Wildman–Crippen MR) is 217 cm³/mol. The summed E-state index contributed by atoms with van der Waals surface area (Å²) < 4.78 is 5.11. The van der Waals surface area contributed by atoms with E-state index in [4.69, 9.17) is 4.74 Å². The number of rotatable bonds is 22. The third-order valence-electron chi connectivity index (χ3n) is 15.1. The average molecular weight is 725 g/mol. The van der Waals surface area contributed by atoms with Crippen molar-refractivity contribution in [2.45, 2.75) is 150 Å². The summed E-state index contributed by atoms with van der Waals surface area (Å²) in [6.45, 7) is 19.7. The molecule has 10 atom stereocenters. The van der Waals surface area contributed by atoms with Crippen molar-refractivity contribution in [1.29, 1.82) is 0 Å². The van der Waals surface area contributed by atoms with Crippen molar-refractivity contribution in [3.8, 4) is 11.5 Å². The van der Waals surface area contributed by atoms with E-state index >= 15 is 0 Å². The van der Waals surface area contributed by atoms with Gasteiger partial charge >= 0.3 is 0 Å². The van der Waals surface area contributed by atoms with Gasteiger partial charge in [-0.3, -0.25) is 0 Å². The largest absolute Gasteiger partial charge is 0.504 e. The fraction of sp³-hybridized carbons (Fsp3) is 0.867. The molecule has 0 spiro atoms. The smallest absolute Gasteiger partial charge is 0.160 e. The number of methoxy groups -OCH3 is 1. The van der Waals surface area contributed by atoms with E-state index in [0.717, 1.165) is 93.8 Å². The van der Waals surface area contributed by atoms with Crippen LogP contribution in [0.2, 0.25) is 0 Å². The van der Waals surface area contributed by atoms with Crippen LogP contribution in [0, 0.1) is 52.3 Å². The van der Waals surface area contributed by atoms with Gasteiger partial charge in [-0.25, -0.2) is 0 Å². The average Bonchev–Trinajstić information content (AvgIpc) is 3.47. The van der Waals surface area contributed by atoms with Crippen molar-refractivity contribution >= 4 is 0 Å². The molecule has 298 valence electrons. The molecule has 52 heavy (non-hydrogen) atoms. The number of unbranched alkanes of at least 4 members (excludes halogenated alkanes) is 1. The molecule has 4 fully saturated rings. The van der Waals surface area contributed by atoms with Crippen LogP contribution in [0.3, 0.4) is 0 Å². The van der Waals surface area contributed by atoms with Crippen LogP contribution >= 0.6 is 0 Å². The fourth-order valence-electron chi connectivity index (χ4n) is 12.1. The SMILES string of the molecule is COc1ccc(CNCCCNCCCCNCCCN[C@H]2CC[C@]3(C)C4CC[C@@]5(C)C(CC[C@@H]5[C@H](C)CCCC(C)C)C4C(O)C[C@H]3C2)cc1O. The zero-order chi connectivity index (χ0) is 37.1. The molecule has 4 aliphatic carbocycles. The Bertz CT molecular complexity index is 1200. The lowest BCUT2D eigenvalue weighted by atomic mass is 9.43. The number of aliphatic hydroxyl groups is 1. The number of hydrogen-bond donors (Lipinski definition) is 6. The molecule has 4 unspecified atom stereocenters. The van der Waals surface area contributed by atoms with E-state index in [1.54, 1.807) is 13.2 Å². The zero-order valence-corrected chi connectivity index (χ0v) is 34.3. The van der Waals surface area contributed by atoms with Crippen molar-refractivity contribution in [1.82, 2.24) is 21.3 Å². The van der Waals surface area contributed by atoms with E-state index < -0.39 is 0 Å². The number of phenols is 1. The predicted octanol–water partition coefficient (Wildman–Crippen LogP) is 8.28. The Balaban J connectivity index is 0.901. The maximum absolute atomic E-state index is 11.9. The van der Waals surface area contributed by atoms with E-state index in [0.29, 0.717) is 34.5 Å². The number of nitrogens with one attached hydrogen (secondary N) is 4. The molecule has 7 heteroatoms. The lowest BCUT2D eigenvalue weighted by molar-refractivity contribution is -0.167. The Morgan fingerprint density at radius 1 is 0.769 bits per heavy atom. The minimum atomic E-state index is -0.0921. The minimum Gasteiger partial charge on any atom is -0.504 e.